The van der Waals surface area contributed by atoms with E-state index in [4.69, 9.17) is 5.73 Å². The zero-order valence-corrected chi connectivity index (χ0v) is 11.0. The zero-order chi connectivity index (χ0) is 12.3. The summed E-state index contributed by atoms with van der Waals surface area (Å²) in [4.78, 5) is 2.60. The summed E-state index contributed by atoms with van der Waals surface area (Å²) in [5.41, 5.74) is 7.94. The molecule has 1 aromatic carbocycles. The lowest BCUT2D eigenvalue weighted by molar-refractivity contribution is 0.140. The van der Waals surface area contributed by atoms with E-state index in [1.165, 1.54) is 31.6 Å². The second kappa shape index (κ2) is 5.54. The lowest BCUT2D eigenvalue weighted by Crippen LogP contribution is -2.39. The number of hydrogen-bond acceptors (Lipinski definition) is 2. The lowest BCUT2D eigenvalue weighted by atomic mass is 9.88. The van der Waals surface area contributed by atoms with Gasteiger partial charge >= 0.3 is 0 Å². The molecule has 2 rings (SSSR count). The van der Waals surface area contributed by atoms with E-state index in [-0.39, 0.29) is 0 Å². The van der Waals surface area contributed by atoms with Crippen LogP contribution in [0.4, 0.5) is 5.69 Å². The maximum Gasteiger partial charge on any atom is 0.0314 e. The monoisotopic (exact) mass is 232 g/mol. The Morgan fingerprint density at radius 1 is 1.18 bits per heavy atom. The Hall–Kier alpha value is -1.02. The van der Waals surface area contributed by atoms with Crippen LogP contribution in [0.15, 0.2) is 24.3 Å². The minimum absolute atomic E-state index is 0.843. The predicted octanol–water partition coefficient (Wildman–Crippen LogP) is 2.79. The van der Waals surface area contributed by atoms with Crippen molar-refractivity contribution >= 4 is 5.69 Å². The second-order valence-corrected chi connectivity index (χ2v) is 5.54. The van der Waals surface area contributed by atoms with Crippen molar-refractivity contribution < 1.29 is 0 Å². The summed E-state index contributed by atoms with van der Waals surface area (Å²) in [6.45, 7) is 8.46. The van der Waals surface area contributed by atoms with Gasteiger partial charge < -0.3 is 10.6 Å². The van der Waals surface area contributed by atoms with Crippen LogP contribution < -0.4 is 5.73 Å². The van der Waals surface area contributed by atoms with Crippen molar-refractivity contribution in [3.63, 3.8) is 0 Å². The SMILES string of the molecule is CC1CCN(CCc2ccc(N)cc2)CC1C. The lowest BCUT2D eigenvalue weighted by Gasteiger charge is -2.35. The van der Waals surface area contributed by atoms with Gasteiger partial charge in [0.1, 0.15) is 0 Å². The highest BCUT2D eigenvalue weighted by Gasteiger charge is 2.21. The molecule has 2 N–H and O–H groups in total. The van der Waals surface area contributed by atoms with Crippen LogP contribution in [0.2, 0.25) is 0 Å². The quantitative estimate of drug-likeness (QED) is 0.812. The summed E-state index contributed by atoms with van der Waals surface area (Å²) in [6.07, 6.45) is 2.49. The summed E-state index contributed by atoms with van der Waals surface area (Å²) in [5.74, 6) is 1.73. The fraction of sp³-hybridized carbons (Fsp3) is 0.600. The number of anilines is 1. The molecule has 0 bridgehead atoms. The highest BCUT2D eigenvalue weighted by atomic mass is 15.1. The van der Waals surface area contributed by atoms with E-state index in [2.05, 4.69) is 30.9 Å². The molecule has 0 aromatic heterocycles. The van der Waals surface area contributed by atoms with E-state index >= 15 is 0 Å². The summed E-state index contributed by atoms with van der Waals surface area (Å²) >= 11 is 0. The number of nitrogens with zero attached hydrogens (tertiary/aromatic N) is 1. The normalized spacial score (nSPS) is 26.0. The summed E-state index contributed by atoms with van der Waals surface area (Å²) in [6, 6.07) is 8.28. The molecule has 17 heavy (non-hydrogen) atoms. The second-order valence-electron chi connectivity index (χ2n) is 5.54. The third-order valence-electron chi connectivity index (χ3n) is 4.11. The van der Waals surface area contributed by atoms with Gasteiger partial charge in [0.05, 0.1) is 0 Å². The van der Waals surface area contributed by atoms with Crippen molar-refractivity contribution in [2.45, 2.75) is 26.7 Å². The number of benzene rings is 1. The van der Waals surface area contributed by atoms with Gasteiger partial charge in [-0.15, -0.1) is 0 Å². The molecular weight excluding hydrogens is 208 g/mol. The van der Waals surface area contributed by atoms with Gasteiger partial charge in [-0.05, 0) is 48.9 Å². The Labute approximate surface area is 105 Å². The molecule has 0 saturated carbocycles. The molecule has 94 valence electrons. The Bertz CT molecular complexity index is 344. The van der Waals surface area contributed by atoms with Gasteiger partial charge in [0, 0.05) is 18.8 Å². The van der Waals surface area contributed by atoms with Gasteiger partial charge in [0.25, 0.3) is 0 Å². The van der Waals surface area contributed by atoms with Crippen molar-refractivity contribution in [3.8, 4) is 0 Å². The Balaban J connectivity index is 1.80. The minimum atomic E-state index is 0.843. The van der Waals surface area contributed by atoms with Crippen molar-refractivity contribution in [2.75, 3.05) is 25.4 Å². The van der Waals surface area contributed by atoms with E-state index in [9.17, 15) is 0 Å². The Morgan fingerprint density at radius 2 is 1.88 bits per heavy atom. The van der Waals surface area contributed by atoms with Crippen molar-refractivity contribution in [2.24, 2.45) is 11.8 Å². The number of piperidine rings is 1. The van der Waals surface area contributed by atoms with Gasteiger partial charge in [-0.2, -0.15) is 0 Å². The Morgan fingerprint density at radius 3 is 2.53 bits per heavy atom. The fourth-order valence-electron chi connectivity index (χ4n) is 2.52. The van der Waals surface area contributed by atoms with Gasteiger partial charge in [0.2, 0.25) is 0 Å². The fourth-order valence-corrected chi connectivity index (χ4v) is 2.52. The van der Waals surface area contributed by atoms with E-state index < -0.39 is 0 Å². The maximum absolute atomic E-state index is 5.69. The third-order valence-corrected chi connectivity index (χ3v) is 4.11. The molecule has 2 unspecified atom stereocenters. The molecule has 1 aliphatic rings. The predicted molar refractivity (Wildman–Crippen MR) is 73.9 cm³/mol. The molecule has 2 heteroatoms. The molecule has 1 aliphatic heterocycles. The van der Waals surface area contributed by atoms with Crippen molar-refractivity contribution in [1.29, 1.82) is 0 Å². The van der Waals surface area contributed by atoms with E-state index in [1.807, 2.05) is 12.1 Å². The van der Waals surface area contributed by atoms with E-state index in [0.717, 1.165) is 23.9 Å². The van der Waals surface area contributed by atoms with Crippen LogP contribution in [-0.2, 0) is 6.42 Å². The average molecular weight is 232 g/mol. The van der Waals surface area contributed by atoms with E-state index in [0.29, 0.717) is 0 Å². The zero-order valence-electron chi connectivity index (χ0n) is 11.0. The maximum atomic E-state index is 5.69. The third kappa shape index (κ3) is 3.47. The average Bonchev–Trinajstić information content (AvgIpc) is 2.33. The number of hydrogen-bond donors (Lipinski definition) is 1. The van der Waals surface area contributed by atoms with Gasteiger partial charge in [-0.25, -0.2) is 0 Å². The molecule has 0 radical (unpaired) electrons. The van der Waals surface area contributed by atoms with Gasteiger partial charge in [-0.1, -0.05) is 26.0 Å². The number of rotatable bonds is 3. The van der Waals surface area contributed by atoms with Crippen molar-refractivity contribution in [1.82, 2.24) is 4.90 Å². The number of nitrogens with two attached hydrogens (primary N) is 1. The smallest absolute Gasteiger partial charge is 0.0314 e. The standard InChI is InChI=1S/C15H24N2/c1-12-7-9-17(11-13(12)2)10-8-14-3-5-15(16)6-4-14/h3-6,12-13H,7-11,16H2,1-2H3. The molecule has 1 aromatic rings. The van der Waals surface area contributed by atoms with Gasteiger partial charge in [-0.3, -0.25) is 0 Å². The Kier molecular flexibility index (Phi) is 4.06. The van der Waals surface area contributed by atoms with E-state index in [1.54, 1.807) is 0 Å². The van der Waals surface area contributed by atoms with Crippen LogP contribution in [0.1, 0.15) is 25.8 Å². The first-order valence-corrected chi connectivity index (χ1v) is 6.72. The first-order valence-electron chi connectivity index (χ1n) is 6.72. The van der Waals surface area contributed by atoms with Crippen LogP contribution in [0.5, 0.6) is 0 Å². The van der Waals surface area contributed by atoms with Crippen LogP contribution >= 0.6 is 0 Å². The molecular formula is C15H24N2. The minimum Gasteiger partial charge on any atom is -0.399 e. The molecule has 0 amide bonds. The molecule has 2 atom stereocenters. The topological polar surface area (TPSA) is 29.3 Å². The first-order chi connectivity index (χ1) is 8.15. The summed E-state index contributed by atoms with van der Waals surface area (Å²) in [5, 5.41) is 0. The van der Waals surface area contributed by atoms with Gasteiger partial charge in [0.15, 0.2) is 0 Å². The molecule has 0 aliphatic carbocycles. The summed E-state index contributed by atoms with van der Waals surface area (Å²) in [7, 11) is 0. The highest BCUT2D eigenvalue weighted by Crippen LogP contribution is 2.22. The number of likely N-dealkylation sites (tertiary alicyclic amines) is 1. The molecule has 1 fully saturated rings. The highest BCUT2D eigenvalue weighted by molar-refractivity contribution is 5.39. The molecule has 2 nitrogen and oxygen atoms in total. The van der Waals surface area contributed by atoms with Crippen LogP contribution in [0.3, 0.4) is 0 Å². The van der Waals surface area contributed by atoms with Crippen LogP contribution in [0, 0.1) is 11.8 Å². The molecule has 1 saturated heterocycles. The van der Waals surface area contributed by atoms with Crippen molar-refractivity contribution in [3.05, 3.63) is 29.8 Å². The summed E-state index contributed by atoms with van der Waals surface area (Å²) < 4.78 is 0. The number of nitrogen functional groups attached to an aromatic ring is 1. The molecule has 0 spiro atoms. The molecule has 1 heterocycles. The van der Waals surface area contributed by atoms with Crippen LogP contribution in [-0.4, -0.2) is 24.5 Å². The first kappa shape index (κ1) is 12.4. The largest absolute Gasteiger partial charge is 0.399 e. The van der Waals surface area contributed by atoms with Crippen LogP contribution in [0.25, 0.3) is 0 Å².